The minimum Gasteiger partial charge on any atom is -0.336 e. The van der Waals surface area contributed by atoms with E-state index in [0.29, 0.717) is 12.0 Å². The molecule has 2 amide bonds. The van der Waals surface area contributed by atoms with E-state index in [2.05, 4.69) is 19.2 Å². The van der Waals surface area contributed by atoms with Crippen LogP contribution in [-0.2, 0) is 0 Å². The number of nitrogens with one attached hydrogen (secondary N) is 1. The summed E-state index contributed by atoms with van der Waals surface area (Å²) < 4.78 is 0. The van der Waals surface area contributed by atoms with Crippen LogP contribution in [0, 0.1) is 5.92 Å². The van der Waals surface area contributed by atoms with Gasteiger partial charge in [0.05, 0.1) is 0 Å². The number of rotatable bonds is 2. The van der Waals surface area contributed by atoms with Crippen LogP contribution in [0.2, 0.25) is 0 Å². The Morgan fingerprint density at radius 2 is 2.36 bits per heavy atom. The van der Waals surface area contributed by atoms with Gasteiger partial charge in [0, 0.05) is 19.1 Å². The molecule has 3 nitrogen and oxygen atoms in total. The van der Waals surface area contributed by atoms with Gasteiger partial charge in [-0.3, -0.25) is 0 Å². The quantitative estimate of drug-likeness (QED) is 0.725. The lowest BCUT2D eigenvalue weighted by Crippen LogP contribution is -2.47. The minimum atomic E-state index is 0.117. The Balaban J connectivity index is 2.36. The molecule has 2 atom stereocenters. The Hall–Kier alpha value is -0.730. The molecule has 14 heavy (non-hydrogen) atoms. The lowest BCUT2D eigenvalue weighted by molar-refractivity contribution is 0.167. The van der Waals surface area contributed by atoms with Gasteiger partial charge in [-0.05, 0) is 32.1 Å². The molecule has 0 aromatic rings. The highest BCUT2D eigenvalue weighted by atomic mass is 16.2. The normalized spacial score (nSPS) is 24.5. The molecule has 2 unspecified atom stereocenters. The number of carbonyl (C=O) groups excluding carboxylic acids is 1. The Morgan fingerprint density at radius 3 is 2.93 bits per heavy atom. The predicted octanol–water partition coefficient (Wildman–Crippen LogP) is 2.23. The van der Waals surface area contributed by atoms with Gasteiger partial charge in [0.2, 0.25) is 0 Å². The fraction of sp³-hybridized carbons (Fsp3) is 0.909. The lowest BCUT2D eigenvalue weighted by Gasteiger charge is -2.31. The second-order valence-electron chi connectivity index (χ2n) is 4.45. The van der Waals surface area contributed by atoms with Gasteiger partial charge in [-0.2, -0.15) is 0 Å². The van der Waals surface area contributed by atoms with Gasteiger partial charge in [0.1, 0.15) is 0 Å². The summed E-state index contributed by atoms with van der Waals surface area (Å²) in [6, 6.07) is 0.408. The van der Waals surface area contributed by atoms with E-state index in [-0.39, 0.29) is 6.03 Å². The number of urea groups is 1. The molecule has 0 saturated carbocycles. The zero-order valence-corrected chi connectivity index (χ0v) is 9.55. The topological polar surface area (TPSA) is 32.3 Å². The molecule has 3 heteroatoms. The molecule has 0 aromatic carbocycles. The first-order valence-corrected chi connectivity index (χ1v) is 5.69. The first-order chi connectivity index (χ1) is 6.63. The van der Waals surface area contributed by atoms with Crippen LogP contribution in [0.5, 0.6) is 0 Å². The van der Waals surface area contributed by atoms with Crippen LogP contribution < -0.4 is 5.32 Å². The average molecular weight is 198 g/mol. The van der Waals surface area contributed by atoms with E-state index in [4.69, 9.17) is 0 Å². The summed E-state index contributed by atoms with van der Waals surface area (Å²) in [7, 11) is 0. The Labute approximate surface area is 86.9 Å². The summed E-state index contributed by atoms with van der Waals surface area (Å²) in [4.78, 5) is 13.7. The van der Waals surface area contributed by atoms with Crippen molar-refractivity contribution in [3.05, 3.63) is 0 Å². The third kappa shape index (κ3) is 3.20. The van der Waals surface area contributed by atoms with Gasteiger partial charge >= 0.3 is 6.03 Å². The van der Waals surface area contributed by atoms with E-state index in [1.165, 1.54) is 6.42 Å². The lowest BCUT2D eigenvalue weighted by atomic mass is 10.0. The van der Waals surface area contributed by atoms with E-state index >= 15 is 0 Å². The predicted molar refractivity (Wildman–Crippen MR) is 58.3 cm³/mol. The molecular weight excluding hydrogens is 176 g/mol. The van der Waals surface area contributed by atoms with E-state index < -0.39 is 0 Å². The molecule has 1 heterocycles. The molecule has 1 saturated heterocycles. The molecule has 1 fully saturated rings. The maximum atomic E-state index is 11.7. The van der Waals surface area contributed by atoms with Crippen molar-refractivity contribution in [2.24, 2.45) is 5.92 Å². The van der Waals surface area contributed by atoms with Crippen molar-refractivity contribution in [1.82, 2.24) is 10.2 Å². The molecule has 0 aliphatic carbocycles. The fourth-order valence-corrected chi connectivity index (χ4v) is 1.78. The van der Waals surface area contributed by atoms with Gasteiger partial charge in [-0.1, -0.05) is 13.8 Å². The zero-order valence-electron chi connectivity index (χ0n) is 9.55. The number of amides is 2. The molecule has 1 aliphatic heterocycles. The Bertz CT molecular complexity index is 194. The summed E-state index contributed by atoms with van der Waals surface area (Å²) >= 11 is 0. The molecule has 1 aliphatic rings. The van der Waals surface area contributed by atoms with Crippen LogP contribution in [0.25, 0.3) is 0 Å². The number of likely N-dealkylation sites (tertiary alicyclic amines) is 1. The van der Waals surface area contributed by atoms with Gasteiger partial charge in [-0.15, -0.1) is 0 Å². The minimum absolute atomic E-state index is 0.117. The zero-order chi connectivity index (χ0) is 10.6. The number of nitrogens with zero attached hydrogens (tertiary/aromatic N) is 1. The molecule has 0 radical (unpaired) electrons. The van der Waals surface area contributed by atoms with Crippen molar-refractivity contribution >= 4 is 6.03 Å². The van der Waals surface area contributed by atoms with Crippen LogP contribution in [0.1, 0.15) is 40.0 Å². The summed E-state index contributed by atoms with van der Waals surface area (Å²) in [5, 5.41) is 3.01. The molecular formula is C11H22N2O. The second-order valence-corrected chi connectivity index (χ2v) is 4.45. The summed E-state index contributed by atoms with van der Waals surface area (Å²) in [6.45, 7) is 8.19. The van der Waals surface area contributed by atoms with Crippen molar-refractivity contribution in [2.45, 2.75) is 46.1 Å². The van der Waals surface area contributed by atoms with Crippen molar-refractivity contribution in [1.29, 1.82) is 0 Å². The summed E-state index contributed by atoms with van der Waals surface area (Å²) in [5.74, 6) is 0.659. The number of piperidine rings is 1. The maximum Gasteiger partial charge on any atom is 0.317 e. The van der Waals surface area contributed by atoms with Gasteiger partial charge in [0.25, 0.3) is 0 Å². The van der Waals surface area contributed by atoms with Crippen molar-refractivity contribution < 1.29 is 4.79 Å². The molecule has 82 valence electrons. The van der Waals surface area contributed by atoms with Crippen LogP contribution in [-0.4, -0.2) is 30.1 Å². The number of hydrogen-bond acceptors (Lipinski definition) is 1. The van der Waals surface area contributed by atoms with Crippen molar-refractivity contribution in [3.63, 3.8) is 0 Å². The van der Waals surface area contributed by atoms with Crippen molar-refractivity contribution in [2.75, 3.05) is 13.1 Å². The van der Waals surface area contributed by atoms with Crippen LogP contribution in [0.15, 0.2) is 0 Å². The van der Waals surface area contributed by atoms with Gasteiger partial charge < -0.3 is 10.2 Å². The van der Waals surface area contributed by atoms with Crippen molar-refractivity contribution in [3.8, 4) is 0 Å². The second kappa shape index (κ2) is 5.23. The standard InChI is InChI=1S/C11H22N2O/c1-4-10(3)12-11(14)13-7-5-6-9(2)8-13/h9-10H,4-8H2,1-3H3,(H,12,14). The Kier molecular flexibility index (Phi) is 4.23. The summed E-state index contributed by atoms with van der Waals surface area (Å²) in [5.41, 5.74) is 0. The first-order valence-electron chi connectivity index (χ1n) is 5.69. The van der Waals surface area contributed by atoms with Crippen LogP contribution in [0.4, 0.5) is 4.79 Å². The van der Waals surface area contributed by atoms with Crippen LogP contribution in [0.3, 0.4) is 0 Å². The molecule has 1 N–H and O–H groups in total. The monoisotopic (exact) mass is 198 g/mol. The van der Waals surface area contributed by atoms with Gasteiger partial charge in [0.15, 0.2) is 0 Å². The molecule has 0 bridgehead atoms. The number of carbonyl (C=O) groups is 1. The first kappa shape index (κ1) is 11.3. The molecule has 0 aromatic heterocycles. The SMILES string of the molecule is CCC(C)NC(=O)N1CCCC(C)C1. The highest BCUT2D eigenvalue weighted by molar-refractivity contribution is 5.74. The largest absolute Gasteiger partial charge is 0.336 e. The van der Waals surface area contributed by atoms with Gasteiger partial charge in [-0.25, -0.2) is 4.79 Å². The third-order valence-electron chi connectivity index (χ3n) is 2.93. The highest BCUT2D eigenvalue weighted by Gasteiger charge is 2.21. The third-order valence-corrected chi connectivity index (χ3v) is 2.93. The smallest absolute Gasteiger partial charge is 0.317 e. The molecule has 0 spiro atoms. The summed E-state index contributed by atoms with van der Waals surface area (Å²) in [6.07, 6.45) is 3.40. The van der Waals surface area contributed by atoms with Crippen LogP contribution >= 0.6 is 0 Å². The van der Waals surface area contributed by atoms with E-state index in [1.54, 1.807) is 0 Å². The molecule has 1 rings (SSSR count). The highest BCUT2D eigenvalue weighted by Crippen LogP contribution is 2.15. The number of hydrogen-bond donors (Lipinski definition) is 1. The van der Waals surface area contributed by atoms with E-state index in [1.807, 2.05) is 11.8 Å². The van der Waals surface area contributed by atoms with E-state index in [0.717, 1.165) is 25.9 Å². The Morgan fingerprint density at radius 1 is 1.64 bits per heavy atom. The fourth-order valence-electron chi connectivity index (χ4n) is 1.78. The van der Waals surface area contributed by atoms with E-state index in [9.17, 15) is 4.79 Å². The average Bonchev–Trinajstić information content (AvgIpc) is 2.17. The maximum absolute atomic E-state index is 11.7.